The molecule has 1 aliphatic rings. The molecule has 3 heterocycles. The number of hydrogen-bond acceptors (Lipinski definition) is 6. The number of hydrogen-bond donors (Lipinski definition) is 0. The smallest absolute Gasteiger partial charge is 0.296 e. The largest absolute Gasteiger partial charge is 0.490 e. The Morgan fingerprint density at radius 2 is 1.94 bits per heavy atom. The maximum Gasteiger partial charge on any atom is 0.296 e. The van der Waals surface area contributed by atoms with E-state index in [0.717, 1.165) is 5.56 Å². The van der Waals surface area contributed by atoms with Crippen molar-refractivity contribution in [2.45, 2.75) is 19.9 Å². The van der Waals surface area contributed by atoms with Crippen LogP contribution in [0.4, 0.5) is 5.82 Å². The number of nitrogens with zero attached hydrogens (tertiary/aromatic N) is 2. The van der Waals surface area contributed by atoms with Crippen molar-refractivity contribution in [3.63, 3.8) is 0 Å². The molecule has 1 aliphatic heterocycles. The fourth-order valence-corrected chi connectivity index (χ4v) is 4.37. The Morgan fingerprint density at radius 3 is 2.69 bits per heavy atom. The summed E-state index contributed by atoms with van der Waals surface area (Å²) in [6, 6.07) is 15.3. The van der Waals surface area contributed by atoms with Crippen LogP contribution in [0.3, 0.4) is 0 Å². The number of anilines is 1. The summed E-state index contributed by atoms with van der Waals surface area (Å²) in [5.41, 5.74) is 2.01. The molecule has 0 saturated heterocycles. The van der Waals surface area contributed by atoms with E-state index < -0.39 is 11.9 Å². The van der Waals surface area contributed by atoms with E-state index >= 15 is 0 Å². The molecule has 35 heavy (non-hydrogen) atoms. The van der Waals surface area contributed by atoms with Crippen LogP contribution in [0.5, 0.6) is 11.5 Å². The van der Waals surface area contributed by atoms with Crippen molar-refractivity contribution in [2.75, 3.05) is 18.1 Å². The van der Waals surface area contributed by atoms with Crippen LogP contribution in [0.1, 0.15) is 40.2 Å². The van der Waals surface area contributed by atoms with Crippen molar-refractivity contribution < 1.29 is 18.7 Å². The van der Waals surface area contributed by atoms with Crippen molar-refractivity contribution in [3.8, 4) is 11.5 Å². The van der Waals surface area contributed by atoms with E-state index in [-0.39, 0.29) is 16.8 Å². The predicted octanol–water partition coefficient (Wildman–Crippen LogP) is 5.21. The fourth-order valence-electron chi connectivity index (χ4n) is 4.37. The minimum atomic E-state index is -0.749. The molecule has 0 spiro atoms. The van der Waals surface area contributed by atoms with Crippen LogP contribution in [-0.4, -0.2) is 24.1 Å². The van der Waals surface area contributed by atoms with Gasteiger partial charge in [-0.3, -0.25) is 14.5 Å². The van der Waals surface area contributed by atoms with E-state index in [1.807, 2.05) is 26.0 Å². The zero-order chi connectivity index (χ0) is 24.5. The highest BCUT2D eigenvalue weighted by atomic mass is 16.5. The van der Waals surface area contributed by atoms with Gasteiger partial charge in [0, 0.05) is 6.20 Å². The molecule has 1 unspecified atom stereocenters. The van der Waals surface area contributed by atoms with E-state index in [2.05, 4.69) is 11.6 Å². The van der Waals surface area contributed by atoms with Crippen LogP contribution in [0.25, 0.3) is 11.0 Å². The molecular weight excluding hydrogens is 444 g/mol. The first-order valence-corrected chi connectivity index (χ1v) is 11.4. The minimum Gasteiger partial charge on any atom is -0.490 e. The maximum atomic E-state index is 13.8. The monoisotopic (exact) mass is 468 g/mol. The highest BCUT2D eigenvalue weighted by Gasteiger charge is 2.44. The number of benzene rings is 2. The average molecular weight is 469 g/mol. The number of rotatable bonds is 7. The second-order valence-electron chi connectivity index (χ2n) is 8.18. The Morgan fingerprint density at radius 1 is 1.09 bits per heavy atom. The number of ether oxygens (including phenoxy) is 2. The van der Waals surface area contributed by atoms with Crippen LogP contribution in [0.2, 0.25) is 0 Å². The molecule has 176 valence electrons. The summed E-state index contributed by atoms with van der Waals surface area (Å²) in [5, 5.41) is 0.431. The molecule has 7 nitrogen and oxygen atoms in total. The summed E-state index contributed by atoms with van der Waals surface area (Å²) in [5.74, 6) is 1.07. The molecule has 5 rings (SSSR count). The molecule has 0 fully saturated rings. The van der Waals surface area contributed by atoms with Gasteiger partial charge in [-0.2, -0.15) is 0 Å². The minimum absolute atomic E-state index is 0.0203. The van der Waals surface area contributed by atoms with Gasteiger partial charge in [-0.15, -0.1) is 0 Å². The van der Waals surface area contributed by atoms with Crippen molar-refractivity contribution in [1.82, 2.24) is 4.98 Å². The molecule has 2 aromatic heterocycles. The first-order chi connectivity index (χ1) is 17.0. The summed E-state index contributed by atoms with van der Waals surface area (Å²) in [4.78, 5) is 33.3. The number of pyridine rings is 1. The summed E-state index contributed by atoms with van der Waals surface area (Å²) in [7, 11) is 0. The molecule has 0 N–H and O–H groups in total. The number of fused-ring (bicyclic) bond motifs is 2. The zero-order valence-electron chi connectivity index (χ0n) is 19.5. The first kappa shape index (κ1) is 22.4. The zero-order valence-corrected chi connectivity index (χ0v) is 19.5. The topological polar surface area (TPSA) is 81.9 Å². The fraction of sp³-hybridized carbons (Fsp3) is 0.179. The van der Waals surface area contributed by atoms with Crippen molar-refractivity contribution in [2.24, 2.45) is 0 Å². The molecule has 0 bridgehead atoms. The average Bonchev–Trinajstić information content (AvgIpc) is 3.17. The molecule has 1 atom stereocenters. The lowest BCUT2D eigenvalue weighted by atomic mass is 9.97. The van der Waals surface area contributed by atoms with Crippen molar-refractivity contribution >= 4 is 22.7 Å². The molecule has 0 aliphatic carbocycles. The summed E-state index contributed by atoms with van der Waals surface area (Å²) in [6.07, 6.45) is 3.26. The van der Waals surface area contributed by atoms with E-state index in [1.165, 1.54) is 4.90 Å². The summed E-state index contributed by atoms with van der Waals surface area (Å²) >= 11 is 0. The Balaban J connectivity index is 1.75. The molecule has 2 aromatic carbocycles. The third kappa shape index (κ3) is 3.85. The molecule has 1 amide bonds. The van der Waals surface area contributed by atoms with E-state index in [1.54, 1.807) is 54.7 Å². The standard InChI is InChI=1S/C28H24N2O5/c1-4-14-34-21-12-10-18(16-22(21)33-5-2)25-24-26(31)19-15-17(3)9-11-20(19)35-27(24)28(32)30(25)23-8-6-7-13-29-23/h4,6-13,15-16,25H,1,5,14H2,2-3H3. The first-order valence-electron chi connectivity index (χ1n) is 11.4. The molecule has 7 heteroatoms. The SMILES string of the molecule is C=CCOc1ccc(C2c3c(oc4ccc(C)cc4c3=O)C(=O)N2c2ccccn2)cc1OCC. The van der Waals surface area contributed by atoms with Gasteiger partial charge in [-0.25, -0.2) is 4.98 Å². The van der Waals surface area contributed by atoms with Gasteiger partial charge in [0.05, 0.1) is 23.6 Å². The van der Waals surface area contributed by atoms with Crippen LogP contribution in [0.15, 0.2) is 82.7 Å². The normalized spacial score (nSPS) is 14.7. The third-order valence-electron chi connectivity index (χ3n) is 5.86. The van der Waals surface area contributed by atoms with Gasteiger partial charge in [0.2, 0.25) is 5.76 Å². The van der Waals surface area contributed by atoms with Gasteiger partial charge in [0.25, 0.3) is 5.91 Å². The summed E-state index contributed by atoms with van der Waals surface area (Å²) < 4.78 is 17.6. The number of aryl methyl sites for hydroxylation is 1. The lowest BCUT2D eigenvalue weighted by molar-refractivity contribution is 0.0970. The van der Waals surface area contributed by atoms with Crippen LogP contribution in [0, 0.1) is 6.92 Å². The number of amides is 1. The Bertz CT molecular complexity index is 1490. The maximum absolute atomic E-state index is 13.8. The van der Waals surface area contributed by atoms with Crippen LogP contribution in [-0.2, 0) is 0 Å². The van der Waals surface area contributed by atoms with Gasteiger partial charge in [0.15, 0.2) is 16.9 Å². The van der Waals surface area contributed by atoms with Gasteiger partial charge in [-0.05, 0) is 55.8 Å². The van der Waals surface area contributed by atoms with Gasteiger partial charge >= 0.3 is 0 Å². The van der Waals surface area contributed by atoms with Crippen LogP contribution < -0.4 is 19.8 Å². The van der Waals surface area contributed by atoms with Gasteiger partial charge < -0.3 is 13.9 Å². The molecular formula is C28H24N2O5. The lowest BCUT2D eigenvalue weighted by Crippen LogP contribution is -2.30. The van der Waals surface area contributed by atoms with Crippen molar-refractivity contribution in [3.05, 3.63) is 106 Å². The third-order valence-corrected chi connectivity index (χ3v) is 5.86. The van der Waals surface area contributed by atoms with E-state index in [4.69, 9.17) is 13.9 Å². The van der Waals surface area contributed by atoms with Gasteiger partial charge in [0.1, 0.15) is 18.0 Å². The number of carbonyl (C=O) groups is 1. The highest BCUT2D eigenvalue weighted by Crippen LogP contribution is 2.42. The number of aromatic nitrogens is 1. The van der Waals surface area contributed by atoms with E-state index in [9.17, 15) is 9.59 Å². The van der Waals surface area contributed by atoms with Crippen LogP contribution >= 0.6 is 0 Å². The Hall–Kier alpha value is -4.39. The molecule has 0 radical (unpaired) electrons. The highest BCUT2D eigenvalue weighted by molar-refractivity contribution is 6.10. The second kappa shape index (κ2) is 9.10. The van der Waals surface area contributed by atoms with Gasteiger partial charge in [-0.1, -0.05) is 36.4 Å². The van der Waals surface area contributed by atoms with E-state index in [0.29, 0.717) is 47.1 Å². The predicted molar refractivity (Wildman–Crippen MR) is 133 cm³/mol. The van der Waals surface area contributed by atoms with Crippen molar-refractivity contribution in [1.29, 1.82) is 0 Å². The molecule has 4 aromatic rings. The Kier molecular flexibility index (Phi) is 5.82. The lowest BCUT2D eigenvalue weighted by Gasteiger charge is -2.25. The second-order valence-corrected chi connectivity index (χ2v) is 8.18. The Labute approximate surface area is 202 Å². The summed E-state index contributed by atoms with van der Waals surface area (Å²) in [6.45, 7) is 8.21. The molecule has 0 saturated carbocycles. The number of carbonyl (C=O) groups excluding carboxylic acids is 1. The quantitative estimate of drug-likeness (QED) is 0.346.